The predicted octanol–water partition coefficient (Wildman–Crippen LogP) is 3.91. The number of rotatable bonds is 6. The first-order valence-electron chi connectivity index (χ1n) is 10.7. The number of thioether (sulfide) groups is 1. The Morgan fingerprint density at radius 3 is 2.46 bits per heavy atom. The molecular formula is C26H21N2O6S-. The summed E-state index contributed by atoms with van der Waals surface area (Å²) in [7, 11) is 0. The van der Waals surface area contributed by atoms with Crippen molar-refractivity contribution in [3.8, 4) is 11.3 Å². The molecule has 1 aliphatic heterocycles. The lowest BCUT2D eigenvalue weighted by Gasteiger charge is -2.13. The van der Waals surface area contributed by atoms with E-state index < -0.39 is 29.6 Å². The summed E-state index contributed by atoms with van der Waals surface area (Å²) in [6.07, 6.45) is 1.44. The highest BCUT2D eigenvalue weighted by atomic mass is 32.2. The minimum Gasteiger partial charge on any atom is -0.545 e. The van der Waals surface area contributed by atoms with Gasteiger partial charge in [0.2, 0.25) is 5.91 Å². The van der Waals surface area contributed by atoms with E-state index >= 15 is 0 Å². The van der Waals surface area contributed by atoms with Gasteiger partial charge in [-0.3, -0.25) is 19.3 Å². The van der Waals surface area contributed by atoms with Gasteiger partial charge < -0.3 is 19.6 Å². The first-order chi connectivity index (χ1) is 16.6. The van der Waals surface area contributed by atoms with E-state index in [2.05, 4.69) is 5.32 Å². The number of nitrogens with zero attached hydrogens (tertiary/aromatic N) is 1. The maximum atomic E-state index is 12.8. The van der Waals surface area contributed by atoms with Crippen LogP contribution in [0.25, 0.3) is 17.4 Å². The van der Waals surface area contributed by atoms with Gasteiger partial charge in [-0.15, -0.1) is 0 Å². The van der Waals surface area contributed by atoms with Crippen LogP contribution < -0.4 is 10.4 Å². The molecule has 0 spiro atoms. The van der Waals surface area contributed by atoms with Gasteiger partial charge in [-0.05, 0) is 85.1 Å². The van der Waals surface area contributed by atoms with Crippen molar-refractivity contribution in [2.24, 2.45) is 0 Å². The molecule has 0 atom stereocenters. The van der Waals surface area contributed by atoms with Gasteiger partial charge in [0.25, 0.3) is 11.1 Å². The van der Waals surface area contributed by atoms with Crippen LogP contribution in [0.15, 0.2) is 57.9 Å². The van der Waals surface area contributed by atoms with Crippen LogP contribution in [0.5, 0.6) is 0 Å². The third-order valence-corrected chi connectivity index (χ3v) is 6.50. The van der Waals surface area contributed by atoms with Crippen LogP contribution in [-0.4, -0.2) is 34.5 Å². The molecule has 0 radical (unpaired) electrons. The number of imide groups is 1. The molecule has 0 bridgehead atoms. The number of furan rings is 1. The number of carboxylic acids is 1. The summed E-state index contributed by atoms with van der Waals surface area (Å²) >= 11 is 0.729. The van der Waals surface area contributed by atoms with Gasteiger partial charge in [0.1, 0.15) is 18.1 Å². The summed E-state index contributed by atoms with van der Waals surface area (Å²) in [6.45, 7) is 5.24. The number of carbonyl (C=O) groups excluding carboxylic acids is 4. The first-order valence-corrected chi connectivity index (χ1v) is 11.5. The number of carboxylic acid groups (broad SMARTS) is 1. The van der Waals surface area contributed by atoms with Crippen molar-refractivity contribution in [1.82, 2.24) is 4.90 Å². The van der Waals surface area contributed by atoms with Crippen molar-refractivity contribution in [3.05, 3.63) is 81.5 Å². The van der Waals surface area contributed by atoms with Crippen LogP contribution in [-0.2, 0) is 9.59 Å². The molecule has 35 heavy (non-hydrogen) atoms. The number of nitrogens with one attached hydrogen (secondary N) is 1. The van der Waals surface area contributed by atoms with Crippen LogP contribution in [0.4, 0.5) is 10.5 Å². The van der Waals surface area contributed by atoms with E-state index in [1.807, 2.05) is 26.0 Å². The second kappa shape index (κ2) is 9.63. The number of anilines is 1. The van der Waals surface area contributed by atoms with Gasteiger partial charge in [0, 0.05) is 17.3 Å². The Hall–Kier alpha value is -4.11. The number of aromatic carboxylic acids is 1. The molecule has 4 rings (SSSR count). The fourth-order valence-corrected chi connectivity index (χ4v) is 4.39. The van der Waals surface area contributed by atoms with Gasteiger partial charge in [-0.1, -0.05) is 18.2 Å². The van der Waals surface area contributed by atoms with Crippen LogP contribution >= 0.6 is 11.8 Å². The zero-order valence-corrected chi connectivity index (χ0v) is 20.0. The van der Waals surface area contributed by atoms with Crippen molar-refractivity contribution in [2.45, 2.75) is 20.8 Å². The first kappa shape index (κ1) is 24.0. The third kappa shape index (κ3) is 5.20. The molecule has 2 heterocycles. The van der Waals surface area contributed by atoms with Crippen LogP contribution in [0.3, 0.4) is 0 Å². The molecule has 0 aliphatic carbocycles. The molecule has 0 unspecified atom stereocenters. The number of amides is 3. The van der Waals surface area contributed by atoms with Crippen molar-refractivity contribution >= 4 is 46.5 Å². The van der Waals surface area contributed by atoms with Gasteiger partial charge in [0.15, 0.2) is 0 Å². The smallest absolute Gasteiger partial charge is 0.294 e. The summed E-state index contributed by atoms with van der Waals surface area (Å²) in [5.41, 5.74) is 4.12. The molecular weight excluding hydrogens is 468 g/mol. The normalized spacial score (nSPS) is 14.6. The molecule has 178 valence electrons. The lowest BCUT2D eigenvalue weighted by atomic mass is 10.0. The van der Waals surface area contributed by atoms with Crippen molar-refractivity contribution in [2.75, 3.05) is 11.9 Å². The van der Waals surface area contributed by atoms with Gasteiger partial charge in [-0.2, -0.15) is 0 Å². The molecule has 1 N–H and O–H groups in total. The quantitative estimate of drug-likeness (QED) is 0.521. The average molecular weight is 490 g/mol. The topological polar surface area (TPSA) is 120 Å². The Morgan fingerprint density at radius 2 is 1.77 bits per heavy atom. The highest BCUT2D eigenvalue weighted by Crippen LogP contribution is 2.34. The van der Waals surface area contributed by atoms with E-state index in [9.17, 15) is 24.3 Å². The van der Waals surface area contributed by atoms with Crippen LogP contribution in [0.2, 0.25) is 0 Å². The van der Waals surface area contributed by atoms with E-state index in [1.165, 1.54) is 18.2 Å². The monoisotopic (exact) mass is 489 g/mol. The molecule has 3 aromatic rings. The average Bonchev–Trinajstić information content (AvgIpc) is 3.36. The standard InChI is InChI=1S/C26H22N2O6S/c1-14-4-6-18(11-15(14)2)27-23(29)13-28-24(30)22(35-26(28)33)12-19-7-9-21(34-19)20-8-5-17(25(31)32)10-16(20)3/h4-12H,13H2,1-3H3,(H,27,29)(H,31,32)/p-1/b22-12+. The maximum Gasteiger partial charge on any atom is 0.294 e. The van der Waals surface area contributed by atoms with E-state index in [1.54, 1.807) is 31.2 Å². The van der Waals surface area contributed by atoms with E-state index in [4.69, 9.17) is 4.42 Å². The summed E-state index contributed by atoms with van der Waals surface area (Å²) < 4.78 is 5.80. The largest absolute Gasteiger partial charge is 0.545 e. The highest BCUT2D eigenvalue weighted by Gasteiger charge is 2.36. The van der Waals surface area contributed by atoms with Gasteiger partial charge in [0.05, 0.1) is 10.9 Å². The lowest BCUT2D eigenvalue weighted by Crippen LogP contribution is -2.36. The molecule has 2 aromatic carbocycles. The van der Waals surface area contributed by atoms with Gasteiger partial charge >= 0.3 is 0 Å². The Labute approximate surface area is 205 Å². The number of hydrogen-bond donors (Lipinski definition) is 1. The SMILES string of the molecule is Cc1ccc(NC(=O)CN2C(=O)S/C(=C/c3ccc(-c4ccc(C(=O)[O-])cc4C)o3)C2=O)cc1C. The predicted molar refractivity (Wildman–Crippen MR) is 130 cm³/mol. The maximum absolute atomic E-state index is 12.8. The fourth-order valence-electron chi connectivity index (χ4n) is 3.57. The number of benzene rings is 2. The summed E-state index contributed by atoms with van der Waals surface area (Å²) in [6, 6.07) is 13.3. The van der Waals surface area contributed by atoms with E-state index in [0.29, 0.717) is 28.3 Å². The third-order valence-electron chi connectivity index (χ3n) is 5.59. The van der Waals surface area contributed by atoms with Gasteiger partial charge in [-0.25, -0.2) is 0 Å². The molecule has 1 aromatic heterocycles. The second-order valence-electron chi connectivity index (χ2n) is 8.13. The summed E-state index contributed by atoms with van der Waals surface area (Å²) in [4.78, 5) is 49.7. The minimum absolute atomic E-state index is 0.0632. The molecule has 1 aliphatic rings. The molecule has 8 nitrogen and oxygen atoms in total. The zero-order chi connectivity index (χ0) is 25.3. The van der Waals surface area contributed by atoms with E-state index in [-0.39, 0.29) is 10.5 Å². The second-order valence-corrected chi connectivity index (χ2v) is 9.13. The fraction of sp³-hybridized carbons (Fsp3) is 0.154. The van der Waals surface area contributed by atoms with Crippen molar-refractivity contribution in [1.29, 1.82) is 0 Å². The molecule has 9 heteroatoms. The highest BCUT2D eigenvalue weighted by molar-refractivity contribution is 8.18. The van der Waals surface area contributed by atoms with Crippen molar-refractivity contribution in [3.63, 3.8) is 0 Å². The molecule has 1 fully saturated rings. The number of aryl methyl sites for hydroxylation is 3. The minimum atomic E-state index is -1.27. The van der Waals surface area contributed by atoms with Crippen LogP contribution in [0.1, 0.15) is 32.8 Å². The Balaban J connectivity index is 1.46. The summed E-state index contributed by atoms with van der Waals surface area (Å²) in [5.74, 6) is -1.51. The lowest BCUT2D eigenvalue weighted by molar-refractivity contribution is -0.255. The molecule has 3 amide bonds. The Bertz CT molecular complexity index is 1400. The van der Waals surface area contributed by atoms with Crippen LogP contribution in [0, 0.1) is 20.8 Å². The van der Waals surface area contributed by atoms with E-state index in [0.717, 1.165) is 27.8 Å². The number of hydrogen-bond acceptors (Lipinski definition) is 7. The Kier molecular flexibility index (Phi) is 6.61. The van der Waals surface area contributed by atoms with Crippen molar-refractivity contribution < 1.29 is 28.7 Å². The summed E-state index contributed by atoms with van der Waals surface area (Å²) in [5, 5.41) is 13.2. The Morgan fingerprint density at radius 1 is 1.00 bits per heavy atom. The number of carbonyl (C=O) groups is 4. The molecule has 0 saturated carbocycles. The molecule has 1 saturated heterocycles. The zero-order valence-electron chi connectivity index (χ0n) is 19.2.